The van der Waals surface area contributed by atoms with Gasteiger partial charge in [-0.05, 0) is 18.9 Å². The SMILES string of the molecule is CC[C@@H](C)N1Cc2ccccc2C1=N. The molecule has 0 radical (unpaired) electrons. The Hall–Kier alpha value is -1.31. The van der Waals surface area contributed by atoms with Crippen molar-refractivity contribution in [2.45, 2.75) is 32.9 Å². The molecule has 0 fully saturated rings. The molecule has 1 aromatic rings. The lowest BCUT2D eigenvalue weighted by atomic mass is 10.1. The Morgan fingerprint density at radius 1 is 1.43 bits per heavy atom. The van der Waals surface area contributed by atoms with Crippen LogP contribution >= 0.6 is 0 Å². The van der Waals surface area contributed by atoms with E-state index < -0.39 is 0 Å². The summed E-state index contributed by atoms with van der Waals surface area (Å²) in [6.45, 7) is 5.26. The van der Waals surface area contributed by atoms with Gasteiger partial charge >= 0.3 is 0 Å². The Bertz CT molecular complexity index is 357. The third-order valence-electron chi connectivity index (χ3n) is 3.02. The lowest BCUT2D eigenvalue weighted by Gasteiger charge is -2.24. The van der Waals surface area contributed by atoms with Gasteiger partial charge in [-0.2, -0.15) is 0 Å². The summed E-state index contributed by atoms with van der Waals surface area (Å²) in [6, 6.07) is 8.68. The maximum Gasteiger partial charge on any atom is 0.128 e. The molecule has 1 aromatic carbocycles. The van der Waals surface area contributed by atoms with Gasteiger partial charge in [-0.3, -0.25) is 5.41 Å². The second kappa shape index (κ2) is 3.45. The molecule has 0 amide bonds. The molecule has 0 aliphatic carbocycles. The Balaban J connectivity index is 2.30. The number of hydrogen-bond acceptors (Lipinski definition) is 1. The first-order chi connectivity index (χ1) is 6.74. The minimum absolute atomic E-state index is 0.467. The van der Waals surface area contributed by atoms with Gasteiger partial charge in [-0.15, -0.1) is 0 Å². The number of amidine groups is 1. The van der Waals surface area contributed by atoms with Crippen molar-refractivity contribution in [2.75, 3.05) is 0 Å². The van der Waals surface area contributed by atoms with Crippen molar-refractivity contribution in [3.63, 3.8) is 0 Å². The van der Waals surface area contributed by atoms with Crippen LogP contribution in [0.2, 0.25) is 0 Å². The van der Waals surface area contributed by atoms with Gasteiger partial charge in [0.15, 0.2) is 0 Å². The van der Waals surface area contributed by atoms with Crippen molar-refractivity contribution in [1.82, 2.24) is 4.90 Å². The average Bonchev–Trinajstić information content (AvgIpc) is 2.56. The van der Waals surface area contributed by atoms with Crippen molar-refractivity contribution in [2.24, 2.45) is 0 Å². The second-order valence-corrected chi connectivity index (χ2v) is 3.89. The summed E-state index contributed by atoms with van der Waals surface area (Å²) >= 11 is 0. The van der Waals surface area contributed by atoms with E-state index in [0.29, 0.717) is 11.9 Å². The molecule has 74 valence electrons. The molecule has 0 saturated heterocycles. The minimum Gasteiger partial charge on any atom is -0.350 e. The molecule has 2 nitrogen and oxygen atoms in total. The highest BCUT2D eigenvalue weighted by Gasteiger charge is 2.26. The molecular formula is C12H16N2. The molecule has 2 rings (SSSR count). The van der Waals surface area contributed by atoms with E-state index in [-0.39, 0.29) is 0 Å². The monoisotopic (exact) mass is 188 g/mol. The molecule has 0 spiro atoms. The van der Waals surface area contributed by atoms with Crippen LogP contribution in [0.1, 0.15) is 31.4 Å². The van der Waals surface area contributed by atoms with Crippen LogP contribution in [-0.4, -0.2) is 16.8 Å². The van der Waals surface area contributed by atoms with Crippen molar-refractivity contribution in [3.8, 4) is 0 Å². The van der Waals surface area contributed by atoms with E-state index in [4.69, 9.17) is 5.41 Å². The molecule has 1 aliphatic heterocycles. The molecular weight excluding hydrogens is 172 g/mol. The maximum absolute atomic E-state index is 8.05. The standard InChI is InChI=1S/C12H16N2/c1-3-9(2)14-8-10-6-4-5-7-11(10)12(14)13/h4-7,9,13H,3,8H2,1-2H3/t9-/m1/s1. The van der Waals surface area contributed by atoms with Crippen LogP contribution in [0, 0.1) is 5.41 Å². The zero-order chi connectivity index (χ0) is 10.1. The van der Waals surface area contributed by atoms with E-state index in [0.717, 1.165) is 18.5 Å². The predicted octanol–water partition coefficient (Wildman–Crippen LogP) is 2.63. The molecule has 0 saturated carbocycles. The highest BCUT2D eigenvalue weighted by Crippen LogP contribution is 2.24. The van der Waals surface area contributed by atoms with Gasteiger partial charge in [0, 0.05) is 18.2 Å². The number of fused-ring (bicyclic) bond motifs is 1. The summed E-state index contributed by atoms with van der Waals surface area (Å²) in [6.07, 6.45) is 1.09. The summed E-state index contributed by atoms with van der Waals surface area (Å²) in [4.78, 5) is 2.17. The number of rotatable bonds is 2. The van der Waals surface area contributed by atoms with Crippen LogP contribution in [0.15, 0.2) is 24.3 Å². The van der Waals surface area contributed by atoms with Crippen LogP contribution in [-0.2, 0) is 6.54 Å². The van der Waals surface area contributed by atoms with Gasteiger partial charge < -0.3 is 4.90 Å². The van der Waals surface area contributed by atoms with Gasteiger partial charge in [-0.25, -0.2) is 0 Å². The molecule has 1 atom stereocenters. The summed E-state index contributed by atoms with van der Waals surface area (Å²) in [7, 11) is 0. The first-order valence-corrected chi connectivity index (χ1v) is 5.17. The molecule has 1 N–H and O–H groups in total. The van der Waals surface area contributed by atoms with Gasteiger partial charge in [0.25, 0.3) is 0 Å². The summed E-state index contributed by atoms with van der Waals surface area (Å²) in [5.41, 5.74) is 2.39. The Labute approximate surface area is 85.1 Å². The number of benzene rings is 1. The lowest BCUT2D eigenvalue weighted by molar-refractivity contribution is 0.326. The Kier molecular flexibility index (Phi) is 2.28. The average molecular weight is 188 g/mol. The van der Waals surface area contributed by atoms with E-state index in [2.05, 4.69) is 24.8 Å². The fourth-order valence-electron chi connectivity index (χ4n) is 1.90. The van der Waals surface area contributed by atoms with Crippen molar-refractivity contribution in [3.05, 3.63) is 35.4 Å². The largest absolute Gasteiger partial charge is 0.350 e. The molecule has 0 unspecified atom stereocenters. The van der Waals surface area contributed by atoms with Crippen molar-refractivity contribution >= 4 is 5.84 Å². The smallest absolute Gasteiger partial charge is 0.128 e. The molecule has 0 bridgehead atoms. The van der Waals surface area contributed by atoms with E-state index in [1.54, 1.807) is 0 Å². The Morgan fingerprint density at radius 3 is 2.79 bits per heavy atom. The summed E-state index contributed by atoms with van der Waals surface area (Å²) in [5, 5.41) is 8.05. The van der Waals surface area contributed by atoms with Crippen LogP contribution in [0.3, 0.4) is 0 Å². The normalized spacial score (nSPS) is 17.0. The van der Waals surface area contributed by atoms with Gasteiger partial charge in [0.05, 0.1) is 0 Å². The molecule has 1 heterocycles. The van der Waals surface area contributed by atoms with Gasteiger partial charge in [0.1, 0.15) is 5.84 Å². The Morgan fingerprint density at radius 2 is 2.14 bits per heavy atom. The highest BCUT2D eigenvalue weighted by molar-refractivity contribution is 6.00. The number of nitrogens with zero attached hydrogens (tertiary/aromatic N) is 1. The topological polar surface area (TPSA) is 27.1 Å². The third kappa shape index (κ3) is 1.31. The maximum atomic E-state index is 8.05. The van der Waals surface area contributed by atoms with Crippen LogP contribution in [0.25, 0.3) is 0 Å². The van der Waals surface area contributed by atoms with Crippen LogP contribution < -0.4 is 0 Å². The fourth-order valence-corrected chi connectivity index (χ4v) is 1.90. The lowest BCUT2D eigenvalue weighted by Crippen LogP contribution is -2.32. The first-order valence-electron chi connectivity index (χ1n) is 5.17. The van der Waals surface area contributed by atoms with Crippen LogP contribution in [0.4, 0.5) is 0 Å². The van der Waals surface area contributed by atoms with Crippen molar-refractivity contribution < 1.29 is 0 Å². The summed E-state index contributed by atoms with van der Waals surface area (Å²) < 4.78 is 0. The zero-order valence-corrected chi connectivity index (χ0v) is 8.75. The first kappa shape index (κ1) is 9.25. The van der Waals surface area contributed by atoms with Crippen LogP contribution in [0.5, 0.6) is 0 Å². The van der Waals surface area contributed by atoms with Gasteiger partial charge in [0.2, 0.25) is 0 Å². The highest BCUT2D eigenvalue weighted by atomic mass is 15.2. The predicted molar refractivity (Wildman–Crippen MR) is 58.6 cm³/mol. The molecule has 0 aromatic heterocycles. The summed E-state index contributed by atoms with van der Waals surface area (Å²) in [5.74, 6) is 0.690. The third-order valence-corrected chi connectivity index (χ3v) is 3.02. The second-order valence-electron chi connectivity index (χ2n) is 3.89. The number of hydrogen-bond donors (Lipinski definition) is 1. The minimum atomic E-state index is 0.467. The quantitative estimate of drug-likeness (QED) is 0.759. The fraction of sp³-hybridized carbons (Fsp3) is 0.417. The molecule has 2 heteroatoms. The van der Waals surface area contributed by atoms with E-state index in [9.17, 15) is 0 Å². The van der Waals surface area contributed by atoms with E-state index >= 15 is 0 Å². The van der Waals surface area contributed by atoms with E-state index in [1.165, 1.54) is 5.56 Å². The molecule has 1 aliphatic rings. The number of nitrogens with one attached hydrogen (secondary N) is 1. The zero-order valence-electron chi connectivity index (χ0n) is 8.75. The molecule has 14 heavy (non-hydrogen) atoms. The van der Waals surface area contributed by atoms with E-state index in [1.807, 2.05) is 18.2 Å². The van der Waals surface area contributed by atoms with Crippen molar-refractivity contribution in [1.29, 1.82) is 5.41 Å². The van der Waals surface area contributed by atoms with Gasteiger partial charge in [-0.1, -0.05) is 31.2 Å².